The molecule has 0 unspecified atom stereocenters. The minimum atomic E-state index is -0.400. The number of nitrogens with one attached hydrogen (secondary N) is 2. The number of pyridine rings is 1. The van der Waals surface area contributed by atoms with Gasteiger partial charge in [-0.2, -0.15) is 0 Å². The summed E-state index contributed by atoms with van der Waals surface area (Å²) in [5.74, 6) is 1.97. The van der Waals surface area contributed by atoms with Crippen LogP contribution >= 0.6 is 0 Å². The van der Waals surface area contributed by atoms with Crippen molar-refractivity contribution in [2.45, 2.75) is 26.3 Å². The summed E-state index contributed by atoms with van der Waals surface area (Å²) < 4.78 is 21.7. The van der Waals surface area contributed by atoms with E-state index in [2.05, 4.69) is 10.6 Å². The van der Waals surface area contributed by atoms with Crippen molar-refractivity contribution in [3.05, 3.63) is 60.2 Å². The normalized spacial score (nSPS) is 10.9. The Balaban J connectivity index is 1.64. The van der Waals surface area contributed by atoms with Gasteiger partial charge in [0.25, 0.3) is 0 Å². The second-order valence-electron chi connectivity index (χ2n) is 8.60. The number of anilines is 2. The summed E-state index contributed by atoms with van der Waals surface area (Å²) in [5.41, 5.74) is 4.45. The number of carbonyl (C=O) groups is 1. The predicted molar refractivity (Wildman–Crippen MR) is 142 cm³/mol. The maximum absolute atomic E-state index is 11.7. The first-order valence-electron chi connectivity index (χ1n) is 11.7. The van der Waals surface area contributed by atoms with Crippen molar-refractivity contribution < 1.29 is 23.7 Å². The Morgan fingerprint density at radius 3 is 2.22 bits per heavy atom. The van der Waals surface area contributed by atoms with Crippen LogP contribution < -0.4 is 24.8 Å². The molecule has 0 radical (unpaired) electrons. The van der Waals surface area contributed by atoms with Gasteiger partial charge in [-0.1, -0.05) is 12.1 Å². The summed E-state index contributed by atoms with van der Waals surface area (Å²) in [4.78, 5) is 16.5. The smallest absolute Gasteiger partial charge is 0.407 e. The van der Waals surface area contributed by atoms with Gasteiger partial charge in [-0.3, -0.25) is 0 Å². The number of amides is 1. The molecule has 3 aromatic carbocycles. The van der Waals surface area contributed by atoms with Gasteiger partial charge in [0.05, 0.1) is 44.7 Å². The molecule has 8 nitrogen and oxygen atoms in total. The second-order valence-corrected chi connectivity index (χ2v) is 8.60. The van der Waals surface area contributed by atoms with Crippen LogP contribution in [0.5, 0.6) is 17.2 Å². The number of methoxy groups -OCH3 is 3. The van der Waals surface area contributed by atoms with Crippen molar-refractivity contribution in [1.82, 2.24) is 10.3 Å². The molecule has 0 bridgehead atoms. The van der Waals surface area contributed by atoms with Crippen LogP contribution in [0.2, 0.25) is 0 Å². The first-order valence-corrected chi connectivity index (χ1v) is 11.7. The monoisotopic (exact) mass is 489 g/mol. The average Bonchev–Trinajstić information content (AvgIpc) is 2.87. The van der Waals surface area contributed by atoms with Crippen LogP contribution in [-0.2, 0) is 11.2 Å². The van der Waals surface area contributed by atoms with Crippen LogP contribution in [0.25, 0.3) is 21.8 Å². The quantitative estimate of drug-likeness (QED) is 0.286. The van der Waals surface area contributed by atoms with Crippen molar-refractivity contribution in [1.29, 1.82) is 0 Å². The zero-order chi connectivity index (χ0) is 25.7. The van der Waals surface area contributed by atoms with E-state index in [0.717, 1.165) is 44.5 Å². The standard InChI is InChI=1S/C28H31N3O5/c1-17(2)29-28(32)36-13-12-18-6-8-19(9-7-18)30-27-21-11-10-20(33-3)14-23(21)31-24-16-26(35-5)25(34-4)15-22(24)27/h6-11,14-17H,12-13H2,1-5H3,(H,29,32)(H,30,31). The van der Waals surface area contributed by atoms with Gasteiger partial charge in [0.1, 0.15) is 5.75 Å². The SMILES string of the molecule is COc1ccc2c(Nc3ccc(CCOC(=O)NC(C)C)cc3)c3cc(OC)c(OC)cc3nc2c1. The van der Waals surface area contributed by atoms with E-state index >= 15 is 0 Å². The van der Waals surface area contributed by atoms with E-state index in [4.69, 9.17) is 23.9 Å². The highest BCUT2D eigenvalue weighted by Gasteiger charge is 2.15. The zero-order valence-electron chi connectivity index (χ0n) is 21.2. The summed E-state index contributed by atoms with van der Waals surface area (Å²) >= 11 is 0. The van der Waals surface area contributed by atoms with Gasteiger partial charge in [0.15, 0.2) is 11.5 Å². The van der Waals surface area contributed by atoms with Crippen LogP contribution in [-0.4, -0.2) is 45.1 Å². The molecule has 2 N–H and O–H groups in total. The van der Waals surface area contributed by atoms with Gasteiger partial charge in [-0.05, 0) is 49.7 Å². The second kappa shape index (κ2) is 11.0. The summed E-state index contributed by atoms with van der Waals surface area (Å²) in [6.45, 7) is 4.10. The van der Waals surface area contributed by atoms with Gasteiger partial charge in [0, 0.05) is 41.1 Å². The maximum Gasteiger partial charge on any atom is 0.407 e. The third-order valence-corrected chi connectivity index (χ3v) is 5.74. The molecule has 36 heavy (non-hydrogen) atoms. The molecule has 0 aliphatic carbocycles. The molecule has 0 saturated heterocycles. The Bertz CT molecular complexity index is 1370. The van der Waals surface area contributed by atoms with Crippen molar-refractivity contribution >= 4 is 39.3 Å². The number of aromatic nitrogens is 1. The van der Waals surface area contributed by atoms with Crippen LogP contribution in [0.3, 0.4) is 0 Å². The van der Waals surface area contributed by atoms with Gasteiger partial charge >= 0.3 is 6.09 Å². The topological polar surface area (TPSA) is 90.9 Å². The van der Waals surface area contributed by atoms with Crippen molar-refractivity contribution in [2.75, 3.05) is 33.3 Å². The van der Waals surface area contributed by atoms with Crippen LogP contribution in [0.1, 0.15) is 19.4 Å². The molecular formula is C28H31N3O5. The number of alkyl carbamates (subject to hydrolysis) is 1. The fourth-order valence-corrected chi connectivity index (χ4v) is 3.95. The zero-order valence-corrected chi connectivity index (χ0v) is 21.2. The molecule has 188 valence electrons. The molecule has 1 aromatic heterocycles. The van der Waals surface area contributed by atoms with Gasteiger partial charge in [-0.15, -0.1) is 0 Å². The van der Waals surface area contributed by atoms with E-state index < -0.39 is 6.09 Å². The predicted octanol–water partition coefficient (Wildman–Crippen LogP) is 5.83. The molecule has 1 heterocycles. The Morgan fingerprint density at radius 2 is 1.56 bits per heavy atom. The fraction of sp³-hybridized carbons (Fsp3) is 0.286. The molecule has 0 atom stereocenters. The van der Waals surface area contributed by atoms with E-state index in [0.29, 0.717) is 24.5 Å². The number of nitrogens with zero attached hydrogens (tertiary/aromatic N) is 1. The van der Waals surface area contributed by atoms with E-state index in [9.17, 15) is 4.79 Å². The highest BCUT2D eigenvalue weighted by molar-refractivity contribution is 6.09. The minimum Gasteiger partial charge on any atom is -0.497 e. The number of fused-ring (bicyclic) bond motifs is 2. The molecule has 0 fully saturated rings. The summed E-state index contributed by atoms with van der Waals surface area (Å²) in [7, 11) is 4.86. The van der Waals surface area contributed by atoms with Crippen LogP contribution in [0.15, 0.2) is 54.6 Å². The number of rotatable bonds is 9. The van der Waals surface area contributed by atoms with Gasteiger partial charge < -0.3 is 29.6 Å². The number of ether oxygens (including phenoxy) is 4. The Kier molecular flexibility index (Phi) is 7.63. The fourth-order valence-electron chi connectivity index (χ4n) is 3.95. The molecule has 0 aliphatic rings. The third kappa shape index (κ3) is 5.54. The lowest BCUT2D eigenvalue weighted by Crippen LogP contribution is -2.31. The lowest BCUT2D eigenvalue weighted by Gasteiger charge is -2.16. The van der Waals surface area contributed by atoms with E-state index in [-0.39, 0.29) is 6.04 Å². The molecule has 0 saturated carbocycles. The molecule has 8 heteroatoms. The van der Waals surface area contributed by atoms with E-state index in [1.165, 1.54) is 0 Å². The number of hydrogen-bond acceptors (Lipinski definition) is 7. The lowest BCUT2D eigenvalue weighted by atomic mass is 10.1. The lowest BCUT2D eigenvalue weighted by molar-refractivity contribution is 0.145. The first kappa shape index (κ1) is 24.9. The first-order chi connectivity index (χ1) is 17.4. The Morgan fingerprint density at radius 1 is 0.861 bits per heavy atom. The molecule has 1 amide bonds. The minimum absolute atomic E-state index is 0.0466. The van der Waals surface area contributed by atoms with Crippen molar-refractivity contribution in [3.8, 4) is 17.2 Å². The molecule has 4 rings (SSSR count). The van der Waals surface area contributed by atoms with E-state index in [1.807, 2.05) is 68.4 Å². The van der Waals surface area contributed by atoms with Crippen LogP contribution in [0, 0.1) is 0 Å². The maximum atomic E-state index is 11.7. The highest BCUT2D eigenvalue weighted by Crippen LogP contribution is 2.39. The highest BCUT2D eigenvalue weighted by atomic mass is 16.5. The largest absolute Gasteiger partial charge is 0.497 e. The summed E-state index contributed by atoms with van der Waals surface area (Å²) in [6.07, 6.45) is 0.229. The van der Waals surface area contributed by atoms with Gasteiger partial charge in [-0.25, -0.2) is 9.78 Å². The summed E-state index contributed by atoms with van der Waals surface area (Å²) in [6, 6.07) is 17.7. The summed E-state index contributed by atoms with van der Waals surface area (Å²) in [5, 5.41) is 8.13. The molecule has 0 spiro atoms. The average molecular weight is 490 g/mol. The number of carbonyl (C=O) groups excluding carboxylic acids is 1. The molecule has 0 aliphatic heterocycles. The third-order valence-electron chi connectivity index (χ3n) is 5.74. The van der Waals surface area contributed by atoms with E-state index in [1.54, 1.807) is 21.3 Å². The van der Waals surface area contributed by atoms with Crippen molar-refractivity contribution in [3.63, 3.8) is 0 Å². The van der Waals surface area contributed by atoms with Crippen LogP contribution in [0.4, 0.5) is 16.2 Å². The Labute approximate surface area is 210 Å². The van der Waals surface area contributed by atoms with Gasteiger partial charge in [0.2, 0.25) is 0 Å². The number of hydrogen-bond donors (Lipinski definition) is 2. The molecular weight excluding hydrogens is 458 g/mol. The number of benzene rings is 3. The Hall–Kier alpha value is -4.20. The molecule has 4 aromatic rings. The van der Waals surface area contributed by atoms with Crippen molar-refractivity contribution in [2.24, 2.45) is 0 Å².